The fraction of sp³-hybridized carbons (Fsp3) is 0.333. The van der Waals surface area contributed by atoms with Crippen LogP contribution in [0.2, 0.25) is 0 Å². The third kappa shape index (κ3) is 6.33. The third-order valence-corrected chi connectivity index (χ3v) is 4.12. The molecule has 0 bridgehead atoms. The molecule has 2 rings (SSSR count). The molecule has 0 aliphatic rings. The van der Waals surface area contributed by atoms with E-state index >= 15 is 0 Å². The summed E-state index contributed by atoms with van der Waals surface area (Å²) in [7, 11) is 3.40. The van der Waals surface area contributed by atoms with Crippen LogP contribution < -0.4 is 9.47 Å². The highest BCUT2D eigenvalue weighted by molar-refractivity contribution is 5.94. The standard InChI is InChI=1S/C21H25NO5/c1-15(11-16-7-9-18(26-3)10-8-16)13-22(2)21(25)17-5-4-6-19(12-17)27-14-20(23)24/h4-10,12,15H,11,13-14H2,1-3H3,(H,23,24). The van der Waals surface area contributed by atoms with E-state index in [0.29, 0.717) is 17.9 Å². The number of aliphatic carboxylic acids is 1. The highest BCUT2D eigenvalue weighted by Crippen LogP contribution is 2.17. The first-order chi connectivity index (χ1) is 12.9. The van der Waals surface area contributed by atoms with Crippen molar-refractivity contribution < 1.29 is 24.2 Å². The Balaban J connectivity index is 1.93. The molecule has 6 heteroatoms. The molecule has 0 aromatic heterocycles. The minimum Gasteiger partial charge on any atom is -0.497 e. The Morgan fingerprint density at radius 2 is 1.81 bits per heavy atom. The van der Waals surface area contributed by atoms with Crippen LogP contribution in [-0.4, -0.2) is 49.2 Å². The van der Waals surface area contributed by atoms with Crippen LogP contribution in [0.15, 0.2) is 48.5 Å². The van der Waals surface area contributed by atoms with Crippen molar-refractivity contribution in [3.8, 4) is 11.5 Å². The van der Waals surface area contributed by atoms with E-state index in [1.807, 2.05) is 24.3 Å². The minimum absolute atomic E-state index is 0.127. The number of ether oxygens (including phenoxy) is 2. The molecule has 1 amide bonds. The maximum Gasteiger partial charge on any atom is 0.341 e. The molecule has 1 N–H and O–H groups in total. The lowest BCUT2D eigenvalue weighted by Gasteiger charge is -2.22. The first-order valence-electron chi connectivity index (χ1n) is 8.72. The zero-order chi connectivity index (χ0) is 19.8. The van der Waals surface area contributed by atoms with Gasteiger partial charge in [0.05, 0.1) is 7.11 Å². The van der Waals surface area contributed by atoms with E-state index in [-0.39, 0.29) is 11.8 Å². The number of carboxylic acid groups (broad SMARTS) is 1. The lowest BCUT2D eigenvalue weighted by Crippen LogP contribution is -2.31. The van der Waals surface area contributed by atoms with Gasteiger partial charge in [-0.05, 0) is 48.2 Å². The molecule has 0 saturated heterocycles. The average molecular weight is 371 g/mol. The summed E-state index contributed by atoms with van der Waals surface area (Å²) < 4.78 is 10.3. The second-order valence-corrected chi connectivity index (χ2v) is 6.55. The maximum atomic E-state index is 12.6. The fourth-order valence-corrected chi connectivity index (χ4v) is 2.86. The van der Waals surface area contributed by atoms with Crippen molar-refractivity contribution in [2.24, 2.45) is 5.92 Å². The number of benzene rings is 2. The summed E-state index contributed by atoms with van der Waals surface area (Å²) in [4.78, 5) is 24.9. The molecule has 0 spiro atoms. The largest absolute Gasteiger partial charge is 0.497 e. The zero-order valence-electron chi connectivity index (χ0n) is 15.8. The molecular weight excluding hydrogens is 346 g/mol. The predicted molar refractivity (Wildman–Crippen MR) is 102 cm³/mol. The smallest absolute Gasteiger partial charge is 0.341 e. The van der Waals surface area contributed by atoms with Gasteiger partial charge in [0.1, 0.15) is 11.5 Å². The van der Waals surface area contributed by atoms with Gasteiger partial charge < -0.3 is 19.5 Å². The molecule has 2 aromatic carbocycles. The summed E-state index contributed by atoms with van der Waals surface area (Å²) in [5, 5.41) is 8.68. The number of amides is 1. The van der Waals surface area contributed by atoms with Crippen LogP contribution in [0.5, 0.6) is 11.5 Å². The second-order valence-electron chi connectivity index (χ2n) is 6.55. The minimum atomic E-state index is -1.06. The molecule has 6 nitrogen and oxygen atoms in total. The second kappa shape index (κ2) is 9.62. The normalized spacial score (nSPS) is 11.5. The number of carbonyl (C=O) groups is 2. The molecule has 0 aliphatic carbocycles. The Hall–Kier alpha value is -3.02. The Morgan fingerprint density at radius 3 is 2.44 bits per heavy atom. The van der Waals surface area contributed by atoms with Gasteiger partial charge in [-0.3, -0.25) is 4.79 Å². The molecule has 1 atom stereocenters. The third-order valence-electron chi connectivity index (χ3n) is 4.12. The summed E-state index contributed by atoms with van der Waals surface area (Å²) in [5.74, 6) is 0.277. The summed E-state index contributed by atoms with van der Waals surface area (Å²) in [6.07, 6.45) is 0.851. The van der Waals surface area contributed by atoms with E-state index in [0.717, 1.165) is 12.2 Å². The summed E-state index contributed by atoms with van der Waals surface area (Å²) in [5.41, 5.74) is 1.66. The highest BCUT2D eigenvalue weighted by atomic mass is 16.5. The molecule has 0 fully saturated rings. The van der Waals surface area contributed by atoms with Gasteiger partial charge in [-0.25, -0.2) is 4.79 Å². The van der Waals surface area contributed by atoms with Crippen LogP contribution in [-0.2, 0) is 11.2 Å². The average Bonchev–Trinajstić information content (AvgIpc) is 2.66. The number of rotatable bonds is 9. The summed E-state index contributed by atoms with van der Waals surface area (Å²) in [6, 6.07) is 14.5. The van der Waals surface area contributed by atoms with Gasteiger partial charge in [0.2, 0.25) is 0 Å². The Kier molecular flexibility index (Phi) is 7.23. The van der Waals surface area contributed by atoms with Gasteiger partial charge in [-0.2, -0.15) is 0 Å². The van der Waals surface area contributed by atoms with E-state index in [1.165, 1.54) is 5.56 Å². The first-order valence-corrected chi connectivity index (χ1v) is 8.72. The van der Waals surface area contributed by atoms with E-state index in [4.69, 9.17) is 14.6 Å². The van der Waals surface area contributed by atoms with Crippen LogP contribution in [0, 0.1) is 5.92 Å². The molecule has 1 unspecified atom stereocenters. The number of carbonyl (C=O) groups excluding carboxylic acids is 1. The van der Waals surface area contributed by atoms with Gasteiger partial charge in [-0.15, -0.1) is 0 Å². The van der Waals surface area contributed by atoms with E-state index < -0.39 is 12.6 Å². The Bertz CT molecular complexity index is 772. The van der Waals surface area contributed by atoms with Gasteiger partial charge in [0.15, 0.2) is 6.61 Å². The van der Waals surface area contributed by atoms with Crippen molar-refractivity contribution in [3.05, 3.63) is 59.7 Å². The number of nitrogens with zero attached hydrogens (tertiary/aromatic N) is 1. The van der Waals surface area contributed by atoms with E-state index in [2.05, 4.69) is 6.92 Å². The molecule has 2 aromatic rings. The van der Waals surface area contributed by atoms with Crippen LogP contribution in [0.4, 0.5) is 0 Å². The SMILES string of the molecule is COc1ccc(CC(C)CN(C)C(=O)c2cccc(OCC(=O)O)c2)cc1. The maximum absolute atomic E-state index is 12.6. The van der Waals surface area contributed by atoms with Gasteiger partial charge >= 0.3 is 5.97 Å². The first kappa shape index (κ1) is 20.3. The fourth-order valence-electron chi connectivity index (χ4n) is 2.86. The van der Waals surface area contributed by atoms with Crippen molar-refractivity contribution in [3.63, 3.8) is 0 Å². The van der Waals surface area contributed by atoms with Crippen LogP contribution >= 0.6 is 0 Å². The molecular formula is C21H25NO5. The van der Waals surface area contributed by atoms with Crippen molar-refractivity contribution in [2.45, 2.75) is 13.3 Å². The van der Waals surface area contributed by atoms with Crippen molar-refractivity contribution in [2.75, 3.05) is 27.3 Å². The van der Waals surface area contributed by atoms with Gasteiger partial charge in [-0.1, -0.05) is 25.1 Å². The molecule has 27 heavy (non-hydrogen) atoms. The molecule has 0 radical (unpaired) electrons. The highest BCUT2D eigenvalue weighted by Gasteiger charge is 2.16. The van der Waals surface area contributed by atoms with Crippen LogP contribution in [0.3, 0.4) is 0 Å². The van der Waals surface area contributed by atoms with Crippen molar-refractivity contribution >= 4 is 11.9 Å². The molecule has 144 valence electrons. The molecule has 0 saturated carbocycles. The zero-order valence-corrected chi connectivity index (χ0v) is 15.8. The Labute approximate surface area is 159 Å². The summed E-state index contributed by atoms with van der Waals surface area (Å²) >= 11 is 0. The number of hydrogen-bond acceptors (Lipinski definition) is 4. The van der Waals surface area contributed by atoms with Gasteiger partial charge in [0.25, 0.3) is 5.91 Å². The summed E-state index contributed by atoms with van der Waals surface area (Å²) in [6.45, 7) is 2.26. The lowest BCUT2D eigenvalue weighted by atomic mass is 10.0. The van der Waals surface area contributed by atoms with E-state index in [9.17, 15) is 9.59 Å². The number of hydrogen-bond donors (Lipinski definition) is 1. The van der Waals surface area contributed by atoms with Crippen molar-refractivity contribution in [1.29, 1.82) is 0 Å². The topological polar surface area (TPSA) is 76.1 Å². The van der Waals surface area contributed by atoms with Gasteiger partial charge in [0, 0.05) is 19.2 Å². The molecule has 0 heterocycles. The lowest BCUT2D eigenvalue weighted by molar-refractivity contribution is -0.139. The number of carboxylic acids is 1. The van der Waals surface area contributed by atoms with Crippen LogP contribution in [0.25, 0.3) is 0 Å². The van der Waals surface area contributed by atoms with Crippen LogP contribution in [0.1, 0.15) is 22.8 Å². The quantitative estimate of drug-likeness (QED) is 0.733. The Morgan fingerprint density at radius 1 is 1.11 bits per heavy atom. The predicted octanol–water partition coefficient (Wildman–Crippen LogP) is 3.11. The monoisotopic (exact) mass is 371 g/mol. The van der Waals surface area contributed by atoms with Crippen molar-refractivity contribution in [1.82, 2.24) is 4.90 Å². The van der Waals surface area contributed by atoms with E-state index in [1.54, 1.807) is 43.3 Å². The molecule has 0 aliphatic heterocycles. The number of methoxy groups -OCH3 is 1.